The number of amides is 3. The highest BCUT2D eigenvalue weighted by Gasteiger charge is 2.23. The number of nitrogens with two attached hydrogens (primary N) is 1. The molecule has 2 atom stereocenters. The van der Waals surface area contributed by atoms with Crippen molar-refractivity contribution in [3.63, 3.8) is 0 Å². The molecule has 2 aromatic carbocycles. The summed E-state index contributed by atoms with van der Waals surface area (Å²) < 4.78 is 29.7. The first-order valence-electron chi connectivity index (χ1n) is 16.4. The molecule has 15 heteroatoms. The third-order valence-corrected chi connectivity index (χ3v) is 8.33. The molecular formula is C35H44ClFN5O7P. The molecular weight excluding hydrogens is 688 g/mol. The first kappa shape index (κ1) is 40.4. The van der Waals surface area contributed by atoms with Crippen molar-refractivity contribution in [1.82, 2.24) is 20.9 Å². The highest BCUT2D eigenvalue weighted by molar-refractivity contribution is 7.44. The SMILES string of the molecule is NP(OCCCCNC(=O)CCC(NC(=O)CCCCCNC(=O)c1cnc(F)c(Cl)c1)C(=O)OCc1ccccc1)OCc1ccccc1. The minimum atomic E-state index is -1.50. The molecule has 3 rings (SSSR count). The normalized spacial score (nSPS) is 12.1. The fraction of sp³-hybridized carbons (Fsp3) is 0.400. The average Bonchev–Trinajstić information content (AvgIpc) is 3.12. The van der Waals surface area contributed by atoms with Crippen LogP contribution >= 0.6 is 20.1 Å². The lowest BCUT2D eigenvalue weighted by Crippen LogP contribution is -2.42. The Balaban J connectivity index is 1.33. The largest absolute Gasteiger partial charge is 0.459 e. The number of pyridine rings is 1. The molecule has 2 unspecified atom stereocenters. The summed E-state index contributed by atoms with van der Waals surface area (Å²) >= 11 is 5.68. The fourth-order valence-electron chi connectivity index (χ4n) is 4.50. The van der Waals surface area contributed by atoms with E-state index in [2.05, 4.69) is 20.9 Å². The number of nitrogens with one attached hydrogen (secondary N) is 3. The first-order valence-corrected chi connectivity index (χ1v) is 18.0. The number of aromatic nitrogens is 1. The van der Waals surface area contributed by atoms with Crippen LogP contribution in [0.25, 0.3) is 0 Å². The number of carbonyl (C=O) groups excluding carboxylic acids is 4. The number of esters is 1. The van der Waals surface area contributed by atoms with E-state index in [0.29, 0.717) is 58.4 Å². The number of carbonyl (C=O) groups is 4. The van der Waals surface area contributed by atoms with E-state index in [1.54, 1.807) is 0 Å². The molecule has 3 amide bonds. The minimum absolute atomic E-state index is 0.0117. The van der Waals surface area contributed by atoms with Crippen molar-refractivity contribution in [2.75, 3.05) is 19.7 Å². The van der Waals surface area contributed by atoms with Gasteiger partial charge in [-0.2, -0.15) is 4.39 Å². The Morgan fingerprint density at radius 3 is 2.18 bits per heavy atom. The van der Waals surface area contributed by atoms with Gasteiger partial charge in [0.2, 0.25) is 17.8 Å². The second-order valence-corrected chi connectivity index (χ2v) is 12.7. The Bertz CT molecular complexity index is 1490. The van der Waals surface area contributed by atoms with Gasteiger partial charge in [0.25, 0.3) is 14.4 Å². The maximum Gasteiger partial charge on any atom is 0.328 e. The Morgan fingerprint density at radius 1 is 0.820 bits per heavy atom. The summed E-state index contributed by atoms with van der Waals surface area (Å²) in [4.78, 5) is 53.8. The standard InChI is InChI=1S/C35H44ClFN5O7P/c36-29-22-28(23-41-33(29)37)34(45)40-20-9-3-8-16-32(44)42-30(35(46)47-24-26-12-4-1-5-13-26)17-18-31(43)39-19-10-11-21-48-50(38)49-25-27-14-6-2-7-15-27/h1-2,4-7,12-15,22-23,30H,3,8-11,16-21,24-25,38H2,(H,39,43)(H,40,45)(H,42,44). The summed E-state index contributed by atoms with van der Waals surface area (Å²) in [6, 6.07) is 19.0. The van der Waals surface area contributed by atoms with Crippen molar-refractivity contribution in [1.29, 1.82) is 0 Å². The van der Waals surface area contributed by atoms with Gasteiger partial charge in [-0.3, -0.25) is 19.9 Å². The summed E-state index contributed by atoms with van der Waals surface area (Å²) in [6.45, 7) is 1.56. The van der Waals surface area contributed by atoms with Crippen LogP contribution in [0.1, 0.15) is 72.9 Å². The molecule has 1 heterocycles. The Morgan fingerprint density at radius 2 is 1.48 bits per heavy atom. The Kier molecular flexibility index (Phi) is 18.9. The zero-order chi connectivity index (χ0) is 36.0. The number of nitrogens with zero attached hydrogens (tertiary/aromatic N) is 1. The van der Waals surface area contributed by atoms with Crippen molar-refractivity contribution in [2.24, 2.45) is 5.50 Å². The van der Waals surface area contributed by atoms with Crippen molar-refractivity contribution in [3.8, 4) is 0 Å². The van der Waals surface area contributed by atoms with Gasteiger partial charge in [-0.05, 0) is 49.3 Å². The van der Waals surface area contributed by atoms with Gasteiger partial charge in [0, 0.05) is 32.1 Å². The summed E-state index contributed by atoms with van der Waals surface area (Å²) in [6.07, 6.45) is 4.38. The topological polar surface area (TPSA) is 171 Å². The van der Waals surface area contributed by atoms with E-state index >= 15 is 0 Å². The minimum Gasteiger partial charge on any atom is -0.459 e. The van der Waals surface area contributed by atoms with E-state index in [4.69, 9.17) is 30.9 Å². The molecule has 3 aromatic rings. The molecule has 0 saturated heterocycles. The number of halogens is 2. The second kappa shape index (κ2) is 23.4. The van der Waals surface area contributed by atoms with Crippen molar-refractivity contribution in [3.05, 3.63) is 101 Å². The molecule has 0 fully saturated rings. The van der Waals surface area contributed by atoms with E-state index in [1.165, 1.54) is 6.07 Å². The molecule has 0 bridgehead atoms. The van der Waals surface area contributed by atoms with Crippen LogP contribution in [-0.2, 0) is 41.4 Å². The van der Waals surface area contributed by atoms with Crippen LogP contribution in [0.4, 0.5) is 4.39 Å². The van der Waals surface area contributed by atoms with Crippen LogP contribution in [-0.4, -0.2) is 54.4 Å². The molecule has 0 radical (unpaired) electrons. The second-order valence-electron chi connectivity index (χ2n) is 11.2. The number of hydrogen-bond donors (Lipinski definition) is 4. The first-order chi connectivity index (χ1) is 24.2. The smallest absolute Gasteiger partial charge is 0.328 e. The molecule has 0 aliphatic rings. The Labute approximate surface area is 298 Å². The Hall–Kier alpha value is -4.00. The van der Waals surface area contributed by atoms with E-state index in [1.807, 2.05) is 60.7 Å². The third-order valence-electron chi connectivity index (χ3n) is 7.24. The molecule has 5 N–H and O–H groups in total. The van der Waals surface area contributed by atoms with Crippen molar-refractivity contribution >= 4 is 43.8 Å². The summed E-state index contributed by atoms with van der Waals surface area (Å²) in [7, 11) is -1.50. The van der Waals surface area contributed by atoms with Gasteiger partial charge in [0.1, 0.15) is 12.6 Å². The number of hydrogen-bond acceptors (Lipinski definition) is 9. The van der Waals surface area contributed by atoms with Gasteiger partial charge in [0.05, 0.1) is 23.8 Å². The number of unbranched alkanes of at least 4 members (excludes halogenated alkanes) is 3. The van der Waals surface area contributed by atoms with Crippen molar-refractivity contribution < 1.29 is 37.4 Å². The lowest BCUT2D eigenvalue weighted by atomic mass is 10.1. The van der Waals surface area contributed by atoms with E-state index < -0.39 is 32.4 Å². The molecule has 50 heavy (non-hydrogen) atoms. The highest BCUT2D eigenvalue weighted by atomic mass is 35.5. The molecule has 270 valence electrons. The maximum absolute atomic E-state index is 13.2. The number of benzene rings is 2. The molecule has 0 aliphatic heterocycles. The van der Waals surface area contributed by atoms with Gasteiger partial charge in [-0.25, -0.2) is 9.78 Å². The number of ether oxygens (including phenoxy) is 1. The third kappa shape index (κ3) is 16.6. The summed E-state index contributed by atoms with van der Waals surface area (Å²) in [5.74, 6) is -2.52. The van der Waals surface area contributed by atoms with Gasteiger partial charge >= 0.3 is 5.97 Å². The summed E-state index contributed by atoms with van der Waals surface area (Å²) in [5, 5.41) is 8.00. The van der Waals surface area contributed by atoms with Crippen LogP contribution < -0.4 is 21.5 Å². The predicted octanol–water partition coefficient (Wildman–Crippen LogP) is 5.49. The average molecular weight is 732 g/mol. The maximum atomic E-state index is 13.2. The van der Waals surface area contributed by atoms with Crippen LogP contribution in [0.2, 0.25) is 5.02 Å². The lowest BCUT2D eigenvalue weighted by Gasteiger charge is -2.18. The highest BCUT2D eigenvalue weighted by Crippen LogP contribution is 2.30. The van der Waals surface area contributed by atoms with Gasteiger partial charge < -0.3 is 29.7 Å². The zero-order valence-electron chi connectivity index (χ0n) is 27.8. The van der Waals surface area contributed by atoms with Crippen LogP contribution in [0.5, 0.6) is 0 Å². The van der Waals surface area contributed by atoms with Gasteiger partial charge in [-0.1, -0.05) is 78.7 Å². The fourth-order valence-corrected chi connectivity index (χ4v) is 5.33. The molecule has 12 nitrogen and oxygen atoms in total. The zero-order valence-corrected chi connectivity index (χ0v) is 29.4. The summed E-state index contributed by atoms with van der Waals surface area (Å²) in [5.41, 5.74) is 7.85. The van der Waals surface area contributed by atoms with E-state index in [-0.39, 0.29) is 48.3 Å². The van der Waals surface area contributed by atoms with E-state index in [0.717, 1.165) is 17.3 Å². The predicted molar refractivity (Wildman–Crippen MR) is 188 cm³/mol. The van der Waals surface area contributed by atoms with E-state index in [9.17, 15) is 23.6 Å². The van der Waals surface area contributed by atoms with Gasteiger partial charge in [0.15, 0.2) is 0 Å². The van der Waals surface area contributed by atoms with Crippen LogP contribution in [0.3, 0.4) is 0 Å². The monoisotopic (exact) mass is 731 g/mol. The quantitative estimate of drug-likeness (QED) is 0.0426. The van der Waals surface area contributed by atoms with Crippen LogP contribution in [0, 0.1) is 5.95 Å². The number of rotatable bonds is 23. The molecule has 0 spiro atoms. The molecule has 1 aromatic heterocycles. The molecule has 0 aliphatic carbocycles. The molecule has 0 saturated carbocycles. The van der Waals surface area contributed by atoms with Crippen molar-refractivity contribution in [2.45, 2.75) is 70.6 Å². The van der Waals surface area contributed by atoms with Gasteiger partial charge in [-0.15, -0.1) is 0 Å². The lowest BCUT2D eigenvalue weighted by molar-refractivity contribution is -0.149. The van der Waals surface area contributed by atoms with Crippen LogP contribution in [0.15, 0.2) is 72.9 Å².